The first kappa shape index (κ1) is 13.3. The summed E-state index contributed by atoms with van der Waals surface area (Å²) in [7, 11) is 0. The standard InChI is InChI=1S/C9H6F2O2.Na/c10-6-1-2-8(11)7(5-6)9(13)3-4-12;/h1-5,12H;/b4-3+;. The van der Waals surface area contributed by atoms with Gasteiger partial charge < -0.3 is 5.11 Å². The van der Waals surface area contributed by atoms with E-state index in [0.29, 0.717) is 6.26 Å². The van der Waals surface area contributed by atoms with Gasteiger partial charge in [0.25, 0.3) is 0 Å². The Labute approximate surface area is 102 Å². The fourth-order valence-corrected chi connectivity index (χ4v) is 0.844. The van der Waals surface area contributed by atoms with Gasteiger partial charge in [0.1, 0.15) is 11.6 Å². The second-order valence-electron chi connectivity index (χ2n) is 2.30. The summed E-state index contributed by atoms with van der Waals surface area (Å²) >= 11 is 0. The van der Waals surface area contributed by atoms with Crippen molar-refractivity contribution in [3.05, 3.63) is 47.7 Å². The molecule has 1 radical (unpaired) electrons. The zero-order valence-electron chi connectivity index (χ0n) is 7.50. The van der Waals surface area contributed by atoms with E-state index in [0.717, 1.165) is 24.3 Å². The average Bonchev–Trinajstić information content (AvgIpc) is 2.09. The van der Waals surface area contributed by atoms with Crippen LogP contribution >= 0.6 is 0 Å². The fraction of sp³-hybridized carbons (Fsp3) is 0. The maximum Gasteiger partial charge on any atom is 0.191 e. The van der Waals surface area contributed by atoms with E-state index in [2.05, 4.69) is 0 Å². The van der Waals surface area contributed by atoms with Crippen LogP contribution < -0.4 is 0 Å². The Morgan fingerprint density at radius 3 is 2.57 bits per heavy atom. The van der Waals surface area contributed by atoms with Crippen molar-refractivity contribution in [3.8, 4) is 0 Å². The van der Waals surface area contributed by atoms with Crippen molar-refractivity contribution >= 4 is 35.3 Å². The Balaban J connectivity index is 0.00000169. The minimum Gasteiger partial charge on any atom is -0.515 e. The molecule has 69 valence electrons. The Morgan fingerprint density at radius 1 is 1.36 bits per heavy atom. The van der Waals surface area contributed by atoms with Crippen LogP contribution in [0.15, 0.2) is 30.5 Å². The predicted molar refractivity (Wildman–Crippen MR) is 48.2 cm³/mol. The van der Waals surface area contributed by atoms with Crippen LogP contribution in [0.1, 0.15) is 10.4 Å². The van der Waals surface area contributed by atoms with Gasteiger partial charge in [-0.05, 0) is 18.2 Å². The Kier molecular flexibility index (Phi) is 5.60. The third-order valence-electron chi connectivity index (χ3n) is 1.42. The number of aliphatic hydroxyl groups is 1. The minimum absolute atomic E-state index is 0. The smallest absolute Gasteiger partial charge is 0.191 e. The van der Waals surface area contributed by atoms with Gasteiger partial charge in [0.15, 0.2) is 5.78 Å². The van der Waals surface area contributed by atoms with E-state index >= 15 is 0 Å². The third kappa shape index (κ3) is 3.21. The molecule has 0 spiro atoms. The van der Waals surface area contributed by atoms with Gasteiger partial charge in [0.2, 0.25) is 0 Å². The number of ketones is 1. The normalized spacial score (nSPS) is 9.86. The van der Waals surface area contributed by atoms with Crippen LogP contribution in [-0.4, -0.2) is 40.4 Å². The van der Waals surface area contributed by atoms with Crippen LogP contribution in [0.4, 0.5) is 8.78 Å². The van der Waals surface area contributed by atoms with Crippen molar-refractivity contribution in [1.82, 2.24) is 0 Å². The molecule has 0 aliphatic heterocycles. The van der Waals surface area contributed by atoms with Crippen molar-refractivity contribution in [3.63, 3.8) is 0 Å². The molecule has 0 heterocycles. The zero-order chi connectivity index (χ0) is 9.84. The predicted octanol–water partition coefficient (Wildman–Crippen LogP) is 1.84. The number of halogens is 2. The summed E-state index contributed by atoms with van der Waals surface area (Å²) < 4.78 is 25.4. The molecule has 0 unspecified atom stereocenters. The topological polar surface area (TPSA) is 37.3 Å². The molecule has 0 fully saturated rings. The molecule has 14 heavy (non-hydrogen) atoms. The van der Waals surface area contributed by atoms with Gasteiger partial charge in [-0.15, -0.1) is 0 Å². The van der Waals surface area contributed by atoms with Crippen LogP contribution in [-0.2, 0) is 0 Å². The van der Waals surface area contributed by atoms with Gasteiger partial charge in [0, 0.05) is 35.6 Å². The first-order valence-electron chi connectivity index (χ1n) is 3.45. The van der Waals surface area contributed by atoms with Gasteiger partial charge in [-0.1, -0.05) is 0 Å². The van der Waals surface area contributed by atoms with Crippen molar-refractivity contribution < 1.29 is 18.7 Å². The second-order valence-corrected chi connectivity index (χ2v) is 2.30. The van der Waals surface area contributed by atoms with Gasteiger partial charge in [0.05, 0.1) is 11.8 Å². The molecular formula is C9H6F2NaO2. The van der Waals surface area contributed by atoms with E-state index in [9.17, 15) is 13.6 Å². The van der Waals surface area contributed by atoms with Crippen LogP contribution in [0.5, 0.6) is 0 Å². The Morgan fingerprint density at radius 2 is 2.00 bits per heavy atom. The third-order valence-corrected chi connectivity index (χ3v) is 1.42. The Hall–Kier alpha value is -0.710. The fourth-order valence-electron chi connectivity index (χ4n) is 0.844. The van der Waals surface area contributed by atoms with Crippen LogP contribution in [0.2, 0.25) is 0 Å². The van der Waals surface area contributed by atoms with Gasteiger partial charge in [-0.25, -0.2) is 8.78 Å². The first-order chi connectivity index (χ1) is 6.15. The number of carbonyl (C=O) groups excluding carboxylic acids is 1. The molecule has 0 saturated carbocycles. The monoisotopic (exact) mass is 207 g/mol. The summed E-state index contributed by atoms with van der Waals surface area (Å²) in [6.45, 7) is 0. The number of rotatable bonds is 2. The summed E-state index contributed by atoms with van der Waals surface area (Å²) in [5.74, 6) is -2.29. The summed E-state index contributed by atoms with van der Waals surface area (Å²) in [4.78, 5) is 11.0. The van der Waals surface area contributed by atoms with Crippen molar-refractivity contribution in [1.29, 1.82) is 0 Å². The van der Waals surface area contributed by atoms with Gasteiger partial charge in [-0.2, -0.15) is 0 Å². The number of hydrogen-bond donors (Lipinski definition) is 1. The number of allylic oxidation sites excluding steroid dienone is 1. The van der Waals surface area contributed by atoms with E-state index < -0.39 is 23.0 Å². The van der Waals surface area contributed by atoms with Gasteiger partial charge >= 0.3 is 0 Å². The molecule has 2 nitrogen and oxygen atoms in total. The summed E-state index contributed by atoms with van der Waals surface area (Å²) in [6, 6.07) is 2.54. The van der Waals surface area contributed by atoms with E-state index in [-0.39, 0.29) is 29.6 Å². The molecule has 0 amide bonds. The molecule has 1 aromatic carbocycles. The molecule has 0 aliphatic rings. The molecule has 0 aliphatic carbocycles. The summed E-state index contributed by atoms with van der Waals surface area (Å²) in [6.07, 6.45) is 1.23. The molecule has 1 rings (SSSR count). The molecule has 1 aromatic rings. The number of benzene rings is 1. The number of carbonyl (C=O) groups is 1. The minimum atomic E-state index is -0.815. The van der Waals surface area contributed by atoms with Crippen LogP contribution in [0, 0.1) is 11.6 Å². The van der Waals surface area contributed by atoms with Gasteiger partial charge in [-0.3, -0.25) is 4.79 Å². The second kappa shape index (κ2) is 5.90. The molecule has 0 saturated heterocycles. The first-order valence-corrected chi connectivity index (χ1v) is 3.45. The van der Waals surface area contributed by atoms with E-state index in [4.69, 9.17) is 5.11 Å². The van der Waals surface area contributed by atoms with E-state index in [1.165, 1.54) is 0 Å². The average molecular weight is 207 g/mol. The van der Waals surface area contributed by atoms with Crippen LogP contribution in [0.3, 0.4) is 0 Å². The summed E-state index contributed by atoms with van der Waals surface area (Å²) in [5.41, 5.74) is -0.398. The summed E-state index contributed by atoms with van der Waals surface area (Å²) in [5, 5.41) is 8.24. The molecule has 0 aromatic heterocycles. The molecule has 0 bridgehead atoms. The van der Waals surface area contributed by atoms with E-state index in [1.54, 1.807) is 0 Å². The van der Waals surface area contributed by atoms with Crippen molar-refractivity contribution in [2.24, 2.45) is 0 Å². The SMILES string of the molecule is O=C(/C=C/O)c1cc(F)ccc1F.[Na]. The maximum atomic E-state index is 12.8. The molecular weight excluding hydrogens is 201 g/mol. The number of hydrogen-bond acceptors (Lipinski definition) is 2. The van der Waals surface area contributed by atoms with Crippen molar-refractivity contribution in [2.45, 2.75) is 0 Å². The Bertz CT molecular complexity index is 364. The molecule has 5 heteroatoms. The maximum absolute atomic E-state index is 12.8. The molecule has 0 atom stereocenters. The largest absolute Gasteiger partial charge is 0.515 e. The molecule has 1 N–H and O–H groups in total. The number of aliphatic hydroxyl groups excluding tert-OH is 1. The van der Waals surface area contributed by atoms with Crippen molar-refractivity contribution in [2.75, 3.05) is 0 Å². The zero-order valence-corrected chi connectivity index (χ0v) is 9.50. The van der Waals surface area contributed by atoms with E-state index in [1.807, 2.05) is 0 Å². The quantitative estimate of drug-likeness (QED) is 0.347. The van der Waals surface area contributed by atoms with Crippen LogP contribution in [0.25, 0.3) is 0 Å².